The van der Waals surface area contributed by atoms with E-state index in [0.717, 1.165) is 5.56 Å². The number of hydrogen-bond acceptors (Lipinski definition) is 4. The zero-order valence-corrected chi connectivity index (χ0v) is 13.5. The molecule has 0 fully saturated rings. The molecule has 0 aliphatic rings. The van der Waals surface area contributed by atoms with E-state index in [0.29, 0.717) is 10.6 Å². The maximum absolute atomic E-state index is 11.6. The van der Waals surface area contributed by atoms with Gasteiger partial charge in [-0.3, -0.25) is 0 Å². The summed E-state index contributed by atoms with van der Waals surface area (Å²) in [6.07, 6.45) is 0. The summed E-state index contributed by atoms with van der Waals surface area (Å²) in [6, 6.07) is 11.0. The molecule has 0 bridgehead atoms. The molecule has 23 heavy (non-hydrogen) atoms. The second-order valence-corrected chi connectivity index (χ2v) is 5.83. The van der Waals surface area contributed by atoms with E-state index in [1.807, 2.05) is 30.3 Å². The van der Waals surface area contributed by atoms with Gasteiger partial charge < -0.3 is 14.9 Å². The van der Waals surface area contributed by atoms with Crippen LogP contribution in [0.1, 0.15) is 31.8 Å². The minimum absolute atomic E-state index is 0.0253. The van der Waals surface area contributed by atoms with Crippen LogP contribution in [0.3, 0.4) is 0 Å². The molecule has 0 radical (unpaired) electrons. The number of rotatable bonds is 6. The van der Waals surface area contributed by atoms with Crippen LogP contribution in [-0.2, 0) is 5.75 Å². The normalized spacial score (nSPS) is 10.3. The van der Waals surface area contributed by atoms with Crippen LogP contribution < -0.4 is 4.74 Å². The van der Waals surface area contributed by atoms with Crippen molar-refractivity contribution in [3.05, 3.63) is 58.7 Å². The van der Waals surface area contributed by atoms with Gasteiger partial charge in [0.15, 0.2) is 0 Å². The molecule has 0 aliphatic heterocycles. The van der Waals surface area contributed by atoms with Crippen molar-refractivity contribution < 1.29 is 24.5 Å². The van der Waals surface area contributed by atoms with E-state index in [1.54, 1.807) is 0 Å². The minimum atomic E-state index is -1.18. The fourth-order valence-corrected chi connectivity index (χ4v) is 3.41. The highest BCUT2D eigenvalue weighted by molar-refractivity contribution is 7.98. The van der Waals surface area contributed by atoms with Crippen LogP contribution in [-0.4, -0.2) is 29.3 Å². The van der Waals surface area contributed by atoms with Crippen LogP contribution in [0.2, 0.25) is 0 Å². The summed E-state index contributed by atoms with van der Waals surface area (Å²) in [4.78, 5) is 23.4. The van der Waals surface area contributed by atoms with E-state index in [4.69, 9.17) is 4.74 Å². The average molecular weight is 332 g/mol. The highest BCUT2D eigenvalue weighted by Crippen LogP contribution is 2.38. The Bertz CT molecular complexity index is 740. The van der Waals surface area contributed by atoms with Crippen molar-refractivity contribution in [3.63, 3.8) is 0 Å². The summed E-state index contributed by atoms with van der Waals surface area (Å²) < 4.78 is 5.22. The van der Waals surface area contributed by atoms with Gasteiger partial charge in [0, 0.05) is 5.75 Å². The molecule has 0 amide bonds. The smallest absolute Gasteiger partial charge is 0.337 e. The van der Waals surface area contributed by atoms with Crippen LogP contribution in [0.5, 0.6) is 5.75 Å². The molecule has 2 rings (SSSR count). The minimum Gasteiger partial charge on any atom is -0.496 e. The number of methoxy groups -OCH3 is 1. The molecule has 0 saturated carbocycles. The van der Waals surface area contributed by atoms with Gasteiger partial charge in [0.1, 0.15) is 5.75 Å². The lowest BCUT2D eigenvalue weighted by Crippen LogP contribution is -2.10. The van der Waals surface area contributed by atoms with Gasteiger partial charge in [-0.05, 0) is 24.1 Å². The molecule has 0 spiro atoms. The predicted octanol–water partition coefficient (Wildman–Crippen LogP) is 3.69. The van der Waals surface area contributed by atoms with E-state index in [-0.39, 0.29) is 22.4 Å². The molecule has 0 aliphatic carbocycles. The van der Waals surface area contributed by atoms with Crippen molar-refractivity contribution in [1.29, 1.82) is 0 Å². The Morgan fingerprint density at radius 2 is 1.78 bits per heavy atom. The molecule has 120 valence electrons. The van der Waals surface area contributed by atoms with Crippen molar-refractivity contribution >= 4 is 23.7 Å². The standard InChI is InChI=1S/C17H16O5S/c1-10-12(16(18)19)8-13(22-2)15(14(10)17(20)21)23-9-11-6-4-3-5-7-11/h3-8H,9H2,1-2H3,(H,18,19)(H,20,21). The Morgan fingerprint density at radius 1 is 1.13 bits per heavy atom. The Labute approximate surface area is 137 Å². The van der Waals surface area contributed by atoms with Crippen LogP contribution in [0.25, 0.3) is 0 Å². The van der Waals surface area contributed by atoms with Gasteiger partial charge in [0.05, 0.1) is 23.1 Å². The monoisotopic (exact) mass is 332 g/mol. The molecule has 2 aromatic carbocycles. The number of aromatic carboxylic acids is 2. The molecule has 5 nitrogen and oxygen atoms in total. The first-order valence-corrected chi connectivity index (χ1v) is 7.79. The van der Waals surface area contributed by atoms with Gasteiger partial charge >= 0.3 is 11.9 Å². The molecule has 0 unspecified atom stereocenters. The summed E-state index contributed by atoms with van der Waals surface area (Å²) in [6.45, 7) is 1.50. The highest BCUT2D eigenvalue weighted by Gasteiger charge is 2.24. The van der Waals surface area contributed by atoms with Gasteiger partial charge in [0.25, 0.3) is 0 Å². The van der Waals surface area contributed by atoms with Gasteiger partial charge in [-0.1, -0.05) is 30.3 Å². The van der Waals surface area contributed by atoms with E-state index < -0.39 is 11.9 Å². The first-order valence-electron chi connectivity index (χ1n) is 6.80. The summed E-state index contributed by atoms with van der Waals surface area (Å²) in [5.41, 5.74) is 1.17. The summed E-state index contributed by atoms with van der Waals surface area (Å²) >= 11 is 1.32. The Kier molecular flexibility index (Phi) is 5.28. The number of carboxylic acids is 2. The first kappa shape index (κ1) is 16.9. The van der Waals surface area contributed by atoms with Gasteiger partial charge in [0.2, 0.25) is 0 Å². The molecule has 0 heterocycles. The van der Waals surface area contributed by atoms with Crippen molar-refractivity contribution in [2.24, 2.45) is 0 Å². The highest BCUT2D eigenvalue weighted by atomic mass is 32.2. The van der Waals surface area contributed by atoms with Gasteiger partial charge in [-0.15, -0.1) is 11.8 Å². The van der Waals surface area contributed by atoms with Gasteiger partial charge in [-0.2, -0.15) is 0 Å². The maximum atomic E-state index is 11.6. The number of hydrogen-bond donors (Lipinski definition) is 2. The van der Waals surface area contributed by atoms with E-state index >= 15 is 0 Å². The molecule has 0 aromatic heterocycles. The summed E-state index contributed by atoms with van der Waals surface area (Å²) in [7, 11) is 1.40. The third kappa shape index (κ3) is 3.65. The predicted molar refractivity (Wildman–Crippen MR) is 87.7 cm³/mol. The third-order valence-electron chi connectivity index (χ3n) is 3.40. The number of thioether (sulfide) groups is 1. The fraction of sp³-hybridized carbons (Fsp3) is 0.176. The average Bonchev–Trinajstić information content (AvgIpc) is 2.53. The van der Waals surface area contributed by atoms with Crippen LogP contribution in [0, 0.1) is 6.92 Å². The summed E-state index contributed by atoms with van der Waals surface area (Å²) in [5.74, 6) is -1.53. The van der Waals surface area contributed by atoms with Crippen molar-refractivity contribution in [2.45, 2.75) is 17.6 Å². The van der Waals surface area contributed by atoms with Crippen LogP contribution in [0.15, 0.2) is 41.3 Å². The number of carboxylic acid groups (broad SMARTS) is 2. The van der Waals surface area contributed by atoms with E-state index in [2.05, 4.69) is 0 Å². The van der Waals surface area contributed by atoms with Crippen molar-refractivity contribution in [3.8, 4) is 5.75 Å². The molecular formula is C17H16O5S. The van der Waals surface area contributed by atoms with Gasteiger partial charge in [-0.25, -0.2) is 9.59 Å². The Hall–Kier alpha value is -2.47. The summed E-state index contributed by atoms with van der Waals surface area (Å²) in [5, 5.41) is 18.7. The molecule has 2 aromatic rings. The third-order valence-corrected chi connectivity index (χ3v) is 4.57. The maximum Gasteiger partial charge on any atom is 0.337 e. The quantitative estimate of drug-likeness (QED) is 0.785. The van der Waals surface area contributed by atoms with E-state index in [1.165, 1.54) is 31.9 Å². The number of benzene rings is 2. The second kappa shape index (κ2) is 7.19. The Morgan fingerprint density at radius 3 is 2.30 bits per heavy atom. The zero-order valence-electron chi connectivity index (χ0n) is 12.7. The first-order chi connectivity index (χ1) is 11.0. The zero-order chi connectivity index (χ0) is 17.0. The lowest BCUT2D eigenvalue weighted by atomic mass is 10.0. The second-order valence-electron chi connectivity index (χ2n) is 4.84. The SMILES string of the molecule is COc1cc(C(=O)O)c(C)c(C(=O)O)c1SCc1ccccc1. The lowest BCUT2D eigenvalue weighted by molar-refractivity contribution is 0.0691. The Balaban J connectivity index is 2.50. The largest absolute Gasteiger partial charge is 0.496 e. The van der Waals surface area contributed by atoms with E-state index in [9.17, 15) is 19.8 Å². The number of carbonyl (C=O) groups is 2. The molecule has 6 heteroatoms. The van der Waals surface area contributed by atoms with Crippen LogP contribution in [0.4, 0.5) is 0 Å². The molecule has 0 saturated heterocycles. The molecular weight excluding hydrogens is 316 g/mol. The topological polar surface area (TPSA) is 83.8 Å². The molecule has 0 atom stereocenters. The fourth-order valence-electron chi connectivity index (χ4n) is 2.24. The lowest BCUT2D eigenvalue weighted by Gasteiger charge is -2.15. The van der Waals surface area contributed by atoms with Crippen molar-refractivity contribution in [2.75, 3.05) is 7.11 Å². The molecule has 2 N–H and O–H groups in total. The van der Waals surface area contributed by atoms with Crippen molar-refractivity contribution in [1.82, 2.24) is 0 Å². The number of ether oxygens (including phenoxy) is 1. The van der Waals surface area contributed by atoms with Crippen LogP contribution >= 0.6 is 11.8 Å².